The first-order valence-electron chi connectivity index (χ1n) is 3.05. The first kappa shape index (κ1) is 15.2. The van der Waals surface area contributed by atoms with Gasteiger partial charge in [-0.3, -0.25) is 0 Å². The molecule has 0 fully saturated rings. The Morgan fingerprint density at radius 1 is 1.00 bits per heavy atom. The Balaban J connectivity index is 4.36. The molecule has 0 nitrogen and oxygen atoms in total. The van der Waals surface area contributed by atoms with E-state index in [1.807, 2.05) is 0 Å². The molecule has 0 aliphatic rings. The first-order valence-corrected chi connectivity index (χ1v) is 23.4. The van der Waals surface area contributed by atoms with Crippen LogP contribution >= 0.6 is 97.4 Å². The van der Waals surface area contributed by atoms with Crippen LogP contribution < -0.4 is 0 Å². The molecule has 0 N–H and O–H groups in total. The van der Waals surface area contributed by atoms with Crippen LogP contribution in [0.3, 0.4) is 0 Å². The molecule has 0 radical (unpaired) electrons. The summed E-state index contributed by atoms with van der Waals surface area (Å²) in [6, 6.07) is 0. The summed E-state index contributed by atoms with van der Waals surface area (Å²) in [4.78, 5) is 0. The minimum Gasteiger partial charge on any atom is -0.109 e. The molecule has 0 heterocycles. The zero-order chi connectivity index (χ0) is 10.6. The van der Waals surface area contributed by atoms with Crippen molar-refractivity contribution >= 4 is 97.4 Å². The molecule has 0 aromatic rings. The van der Waals surface area contributed by atoms with Crippen molar-refractivity contribution in [3.05, 3.63) is 0 Å². The standard InChI is InChI=1S/H14P12/c1-7-11(6)8-12(9(2)3)10(4)5/h7-8H,1-6H2/i8T. The van der Waals surface area contributed by atoms with E-state index in [1.165, 1.54) is 0 Å². The fourth-order valence-electron chi connectivity index (χ4n) is 0.324. The van der Waals surface area contributed by atoms with Gasteiger partial charge in [-0.25, -0.2) is 0 Å². The van der Waals surface area contributed by atoms with E-state index in [1.54, 1.807) is 0 Å². The fraction of sp³-hybridized carbons (Fsp3) is 0. The van der Waals surface area contributed by atoms with Crippen molar-refractivity contribution in [3.63, 3.8) is 0 Å². The highest BCUT2D eigenvalue weighted by atomic mass is 33.2. The Morgan fingerprint density at radius 3 is 1.67 bits per heavy atom. The SMILES string of the molecule is [3H]P(P(P)PP)P(P(P)P)P(P)P. The Hall–Kier alpha value is 5.16. The Morgan fingerprint density at radius 2 is 1.42 bits per heavy atom. The minimum atomic E-state index is -0.476. The lowest BCUT2D eigenvalue weighted by Gasteiger charge is -2.27. The second-order valence-electron chi connectivity index (χ2n) is 1.59. The van der Waals surface area contributed by atoms with E-state index in [0.717, 1.165) is 7.96 Å². The maximum Gasteiger partial charge on any atom is 0.0689 e. The molecule has 9 atom stereocenters. The molecule has 0 aliphatic heterocycles. The lowest BCUT2D eigenvalue weighted by molar-refractivity contribution is 4.70. The zero-order valence-electron chi connectivity index (χ0n) is 7.20. The van der Waals surface area contributed by atoms with Crippen molar-refractivity contribution in [2.75, 3.05) is 0 Å². The van der Waals surface area contributed by atoms with Crippen molar-refractivity contribution in [1.82, 2.24) is 0 Å². The highest BCUT2D eigenvalue weighted by molar-refractivity contribution is 9.15. The highest BCUT2D eigenvalue weighted by Gasteiger charge is 2.19. The summed E-state index contributed by atoms with van der Waals surface area (Å²) in [6.07, 6.45) is 0. The molecular weight excluding hydrogens is 372 g/mol. The maximum atomic E-state index is 8.27. The van der Waals surface area contributed by atoms with Crippen LogP contribution in [0.25, 0.3) is 0 Å². The zero-order valence-corrected chi connectivity index (χ0v) is 18.6. The second kappa shape index (κ2) is 10.1. The summed E-state index contributed by atoms with van der Waals surface area (Å²) in [5.74, 6) is 0. The number of hydrogen-bond donors (Lipinski definition) is 0. The van der Waals surface area contributed by atoms with Gasteiger partial charge in [0.25, 0.3) is 0 Å². The molecular formula is H14P12. The van der Waals surface area contributed by atoms with Crippen molar-refractivity contribution in [1.29, 1.82) is 1.28 Å². The van der Waals surface area contributed by atoms with Gasteiger partial charge in [0.05, 0.1) is 1.28 Å². The van der Waals surface area contributed by atoms with Crippen molar-refractivity contribution in [3.8, 4) is 0 Å². The third-order valence-corrected chi connectivity index (χ3v) is 58.5. The predicted octanol–water partition coefficient (Wildman–Crippen LogP) is 6.59. The van der Waals surface area contributed by atoms with Crippen LogP contribution in [0.15, 0.2) is 0 Å². The van der Waals surface area contributed by atoms with Crippen LogP contribution in [0.2, 0.25) is 0 Å². The lowest BCUT2D eigenvalue weighted by atomic mass is 28.8. The summed E-state index contributed by atoms with van der Waals surface area (Å²) in [5.41, 5.74) is 0. The summed E-state index contributed by atoms with van der Waals surface area (Å²) in [7, 11) is 17.8. The summed E-state index contributed by atoms with van der Waals surface area (Å²) in [5, 5.41) is 0. The number of hydrogen-bond acceptors (Lipinski definition) is 0. The third-order valence-electron chi connectivity index (χ3n) is 0.722. The van der Waals surface area contributed by atoms with Crippen molar-refractivity contribution in [2.45, 2.75) is 0 Å². The van der Waals surface area contributed by atoms with Gasteiger partial charge in [0.15, 0.2) is 0 Å². The molecule has 0 amide bonds. The Kier molecular flexibility index (Phi) is 12.8. The van der Waals surface area contributed by atoms with Crippen LogP contribution in [0.1, 0.15) is 0 Å². The van der Waals surface area contributed by atoms with Gasteiger partial charge in [0.1, 0.15) is 0 Å². The molecule has 0 spiro atoms. The van der Waals surface area contributed by atoms with E-state index in [0.29, 0.717) is 0 Å². The Bertz CT molecular complexity index is 121. The van der Waals surface area contributed by atoms with Gasteiger partial charge in [-0.2, -0.15) is 0 Å². The topological polar surface area (TPSA) is 0 Å². The second-order valence-corrected chi connectivity index (χ2v) is 43.0. The summed E-state index contributed by atoms with van der Waals surface area (Å²) in [6.45, 7) is -0.280. The molecule has 0 bridgehead atoms. The molecule has 0 rings (SSSR count). The van der Waals surface area contributed by atoms with E-state index in [4.69, 9.17) is 1.28 Å². The fourth-order valence-corrected chi connectivity index (χ4v) is 78.6. The monoisotopic (exact) mass is 388 g/mol. The van der Waals surface area contributed by atoms with Crippen LogP contribution in [0, 0.1) is 0 Å². The molecule has 74 valence electrons. The van der Waals surface area contributed by atoms with Gasteiger partial charge in [0.2, 0.25) is 0 Å². The highest BCUT2D eigenvalue weighted by Crippen LogP contribution is 3.09. The Labute approximate surface area is 98.3 Å². The van der Waals surface area contributed by atoms with Crippen LogP contribution in [0.4, 0.5) is 0 Å². The van der Waals surface area contributed by atoms with Gasteiger partial charge in [-0.1, -0.05) is 15.9 Å². The average Bonchev–Trinajstić information content (AvgIpc) is 2.01. The van der Waals surface area contributed by atoms with E-state index >= 15 is 0 Å². The molecule has 9 unspecified atom stereocenters. The van der Waals surface area contributed by atoms with E-state index < -0.39 is 7.90 Å². The molecule has 0 aromatic heterocycles. The van der Waals surface area contributed by atoms with E-state index in [2.05, 4.69) is 53.6 Å². The molecule has 0 saturated carbocycles. The average molecular weight is 388 g/mol. The van der Waals surface area contributed by atoms with E-state index in [-0.39, 0.29) is 27.9 Å². The lowest BCUT2D eigenvalue weighted by Crippen LogP contribution is -1.36. The minimum absolute atomic E-state index is 0.0563. The molecule has 12 heteroatoms. The first-order chi connectivity index (χ1) is 5.91. The third kappa shape index (κ3) is 8.28. The predicted molar refractivity (Wildman–Crippen MR) is 103 cm³/mol. The van der Waals surface area contributed by atoms with Gasteiger partial charge < -0.3 is 0 Å². The van der Waals surface area contributed by atoms with Crippen LogP contribution in [0.5, 0.6) is 0 Å². The van der Waals surface area contributed by atoms with Gasteiger partial charge in [0, 0.05) is 0 Å². The summed E-state index contributed by atoms with van der Waals surface area (Å²) < 4.78 is 8.27. The normalized spacial score (nSPS) is 19.6. The largest absolute Gasteiger partial charge is 0.109 e. The van der Waals surface area contributed by atoms with Gasteiger partial charge in [-0.05, 0) is 27.9 Å². The number of rotatable bonds is 5. The van der Waals surface area contributed by atoms with Crippen LogP contribution in [-0.4, -0.2) is 1.28 Å². The van der Waals surface area contributed by atoms with E-state index in [9.17, 15) is 0 Å². The quantitative estimate of drug-likeness (QED) is 0.467. The van der Waals surface area contributed by atoms with Crippen LogP contribution in [-0.2, 0) is 0 Å². The smallest absolute Gasteiger partial charge is 0.0689 e. The van der Waals surface area contributed by atoms with Crippen molar-refractivity contribution < 1.29 is 0 Å². The van der Waals surface area contributed by atoms with Gasteiger partial charge in [-0.15, -0.1) is 53.6 Å². The molecule has 0 saturated heterocycles. The van der Waals surface area contributed by atoms with Gasteiger partial charge >= 0.3 is 0 Å². The molecule has 12 heavy (non-hydrogen) atoms. The van der Waals surface area contributed by atoms with Crippen molar-refractivity contribution in [2.24, 2.45) is 0 Å². The maximum absolute atomic E-state index is 8.27. The summed E-state index contributed by atoms with van der Waals surface area (Å²) >= 11 is 0. The molecule has 0 aromatic carbocycles. The molecule has 0 aliphatic carbocycles.